The van der Waals surface area contributed by atoms with Crippen LogP contribution in [-0.2, 0) is 0 Å². The largest absolute Gasteiger partial charge is 0.284 e. The molecular weight excluding hydrogens is 100 g/mol. The van der Waals surface area contributed by atoms with Gasteiger partial charge in [-0.05, 0) is 6.42 Å². The van der Waals surface area contributed by atoms with Gasteiger partial charge in [0.2, 0.25) is 0 Å². The van der Waals surface area contributed by atoms with Crippen LogP contribution in [0, 0.1) is 6.67 Å². The smallest absolute Gasteiger partial charge is 0.0922 e. The van der Waals surface area contributed by atoms with E-state index < -0.39 is 0 Å². The van der Waals surface area contributed by atoms with Gasteiger partial charge in [0.05, 0.1) is 6.67 Å². The molecule has 2 nitrogen and oxygen atoms in total. The molecule has 1 radical (unpaired) electrons. The van der Waals surface area contributed by atoms with E-state index in [9.17, 15) is 0 Å². The van der Waals surface area contributed by atoms with Gasteiger partial charge in [0, 0.05) is 26.2 Å². The zero-order valence-electron chi connectivity index (χ0n) is 5.01. The Morgan fingerprint density at radius 3 is 2.00 bits per heavy atom. The van der Waals surface area contributed by atoms with E-state index in [1.807, 2.05) is 0 Å². The van der Waals surface area contributed by atoms with Gasteiger partial charge in [0.1, 0.15) is 0 Å². The van der Waals surface area contributed by atoms with Crippen LogP contribution in [0.3, 0.4) is 0 Å². The van der Waals surface area contributed by atoms with Gasteiger partial charge >= 0.3 is 0 Å². The topological polar surface area (TPSA) is 6.48 Å². The summed E-state index contributed by atoms with van der Waals surface area (Å²) in [7, 11) is 0. The molecule has 2 saturated heterocycles. The third-order valence-corrected chi connectivity index (χ3v) is 1.89. The zero-order valence-corrected chi connectivity index (χ0v) is 5.01. The first-order valence-corrected chi connectivity index (χ1v) is 3.28. The third-order valence-electron chi connectivity index (χ3n) is 1.89. The standard InChI is InChI=1S/C6H11N2/c1-2-7-4-5-8(3-1)6-7/h6H,1-5H2. The molecule has 2 bridgehead atoms. The molecule has 0 spiro atoms. The van der Waals surface area contributed by atoms with E-state index >= 15 is 0 Å². The first kappa shape index (κ1) is 4.77. The Morgan fingerprint density at radius 1 is 0.875 bits per heavy atom. The van der Waals surface area contributed by atoms with Crippen molar-refractivity contribution in [3.63, 3.8) is 0 Å². The summed E-state index contributed by atoms with van der Waals surface area (Å²) >= 11 is 0. The van der Waals surface area contributed by atoms with Crippen molar-refractivity contribution in [2.24, 2.45) is 0 Å². The van der Waals surface area contributed by atoms with Crippen LogP contribution in [0.15, 0.2) is 0 Å². The van der Waals surface area contributed by atoms with Crippen molar-refractivity contribution in [2.75, 3.05) is 26.2 Å². The van der Waals surface area contributed by atoms with E-state index in [1.54, 1.807) is 0 Å². The van der Waals surface area contributed by atoms with E-state index in [4.69, 9.17) is 0 Å². The van der Waals surface area contributed by atoms with Crippen molar-refractivity contribution < 1.29 is 0 Å². The van der Waals surface area contributed by atoms with Crippen LogP contribution in [0.1, 0.15) is 6.42 Å². The lowest BCUT2D eigenvalue weighted by Crippen LogP contribution is -2.28. The molecule has 2 aliphatic heterocycles. The van der Waals surface area contributed by atoms with Gasteiger partial charge in [-0.3, -0.25) is 9.80 Å². The molecule has 8 heavy (non-hydrogen) atoms. The van der Waals surface area contributed by atoms with Crippen LogP contribution >= 0.6 is 0 Å². The van der Waals surface area contributed by atoms with Crippen LogP contribution in [0.2, 0.25) is 0 Å². The number of rotatable bonds is 0. The van der Waals surface area contributed by atoms with Crippen molar-refractivity contribution in [3.8, 4) is 0 Å². The first-order chi connectivity index (χ1) is 3.95. The monoisotopic (exact) mass is 111 g/mol. The fraction of sp³-hybridized carbons (Fsp3) is 0.833. The molecule has 0 aromatic carbocycles. The zero-order chi connectivity index (χ0) is 5.40. The summed E-state index contributed by atoms with van der Waals surface area (Å²) in [6.07, 6.45) is 1.36. The molecule has 0 aliphatic carbocycles. The van der Waals surface area contributed by atoms with Gasteiger partial charge in [-0.15, -0.1) is 0 Å². The Hall–Kier alpha value is -0.0800. The Morgan fingerprint density at radius 2 is 1.50 bits per heavy atom. The Bertz CT molecular complexity index is 78.5. The molecule has 2 rings (SSSR count). The number of hydrogen-bond acceptors (Lipinski definition) is 2. The predicted octanol–water partition coefficient (Wildman–Crippen LogP) is 0.127. The maximum absolute atomic E-state index is 2.39. The highest BCUT2D eigenvalue weighted by Gasteiger charge is 2.23. The molecular formula is C6H11N2. The second-order valence-corrected chi connectivity index (χ2v) is 2.54. The molecule has 0 saturated carbocycles. The molecule has 0 aromatic rings. The highest BCUT2D eigenvalue weighted by Crippen LogP contribution is 2.15. The summed E-state index contributed by atoms with van der Waals surface area (Å²) in [5, 5.41) is 0. The second kappa shape index (κ2) is 1.71. The average molecular weight is 111 g/mol. The Labute approximate surface area is 50.1 Å². The molecule has 2 unspecified atom stereocenters. The third kappa shape index (κ3) is 0.644. The average Bonchev–Trinajstić information content (AvgIpc) is 2.12. The van der Waals surface area contributed by atoms with Crippen molar-refractivity contribution in [1.29, 1.82) is 0 Å². The summed E-state index contributed by atoms with van der Waals surface area (Å²) < 4.78 is 0. The predicted molar refractivity (Wildman–Crippen MR) is 32.1 cm³/mol. The maximum atomic E-state index is 2.39. The number of fused-ring (bicyclic) bond motifs is 2. The lowest BCUT2D eigenvalue weighted by atomic mass is 10.3. The van der Waals surface area contributed by atoms with E-state index in [2.05, 4.69) is 16.5 Å². The fourth-order valence-electron chi connectivity index (χ4n) is 1.42. The van der Waals surface area contributed by atoms with Gasteiger partial charge in [-0.1, -0.05) is 0 Å². The minimum Gasteiger partial charge on any atom is -0.284 e. The van der Waals surface area contributed by atoms with Crippen LogP contribution in [0.4, 0.5) is 0 Å². The molecule has 0 N–H and O–H groups in total. The van der Waals surface area contributed by atoms with Gasteiger partial charge in [0.25, 0.3) is 0 Å². The van der Waals surface area contributed by atoms with Gasteiger partial charge in [-0.2, -0.15) is 0 Å². The van der Waals surface area contributed by atoms with Crippen molar-refractivity contribution in [3.05, 3.63) is 6.67 Å². The summed E-state index contributed by atoms with van der Waals surface area (Å²) in [6, 6.07) is 0. The van der Waals surface area contributed by atoms with Crippen LogP contribution in [0.25, 0.3) is 0 Å². The Kier molecular flexibility index (Phi) is 1.02. The maximum Gasteiger partial charge on any atom is 0.0922 e. The van der Waals surface area contributed by atoms with Crippen LogP contribution < -0.4 is 0 Å². The lowest BCUT2D eigenvalue weighted by Gasteiger charge is -2.22. The van der Waals surface area contributed by atoms with Crippen LogP contribution in [-0.4, -0.2) is 36.0 Å². The summed E-state index contributed by atoms with van der Waals surface area (Å²) in [6.45, 7) is 7.36. The minimum absolute atomic E-state index is 1.26. The quantitative estimate of drug-likeness (QED) is 0.438. The number of hydrogen-bond donors (Lipinski definition) is 0. The summed E-state index contributed by atoms with van der Waals surface area (Å²) in [5.74, 6) is 0. The van der Waals surface area contributed by atoms with Gasteiger partial charge in [0.15, 0.2) is 0 Å². The van der Waals surface area contributed by atoms with Crippen molar-refractivity contribution in [2.45, 2.75) is 6.42 Å². The first-order valence-electron chi connectivity index (χ1n) is 3.28. The number of nitrogens with zero attached hydrogens (tertiary/aromatic N) is 2. The molecule has 2 heteroatoms. The molecule has 0 aromatic heterocycles. The van der Waals surface area contributed by atoms with E-state index in [-0.39, 0.29) is 0 Å². The second-order valence-electron chi connectivity index (χ2n) is 2.54. The van der Waals surface area contributed by atoms with E-state index in [1.165, 1.54) is 32.6 Å². The Balaban J connectivity index is 2.03. The summed E-state index contributed by atoms with van der Waals surface area (Å²) in [4.78, 5) is 4.78. The van der Waals surface area contributed by atoms with E-state index in [0.29, 0.717) is 0 Å². The SMILES string of the molecule is [CH]1N2CCCN1CC2. The van der Waals surface area contributed by atoms with Crippen molar-refractivity contribution >= 4 is 0 Å². The molecule has 2 aliphatic rings. The molecule has 2 heterocycles. The fourth-order valence-corrected chi connectivity index (χ4v) is 1.42. The highest BCUT2D eigenvalue weighted by atomic mass is 15.4. The van der Waals surface area contributed by atoms with Crippen LogP contribution in [0.5, 0.6) is 0 Å². The molecule has 0 amide bonds. The van der Waals surface area contributed by atoms with Gasteiger partial charge in [-0.25, -0.2) is 0 Å². The molecule has 2 atom stereocenters. The molecule has 45 valence electrons. The van der Waals surface area contributed by atoms with Crippen molar-refractivity contribution in [1.82, 2.24) is 9.80 Å². The van der Waals surface area contributed by atoms with Gasteiger partial charge < -0.3 is 0 Å². The van der Waals surface area contributed by atoms with E-state index in [0.717, 1.165) is 0 Å². The lowest BCUT2D eigenvalue weighted by molar-refractivity contribution is 0.260. The normalized spacial score (nSPS) is 45.0. The molecule has 2 fully saturated rings. The summed E-state index contributed by atoms with van der Waals surface area (Å²) in [5.41, 5.74) is 0. The highest BCUT2D eigenvalue weighted by molar-refractivity contribution is 4.84. The minimum atomic E-state index is 1.26.